The number of ketones is 1. The van der Waals surface area contributed by atoms with E-state index in [-0.39, 0.29) is 42.6 Å². The molecule has 1 fully saturated rings. The first kappa shape index (κ1) is 27.2. The number of Topliss-reactive ketones (excluding diaryl/α,β-unsaturated/α-hetero) is 1. The molecule has 0 aliphatic heterocycles. The van der Waals surface area contributed by atoms with Crippen LogP contribution < -0.4 is 11.1 Å². The molecule has 36 heavy (non-hydrogen) atoms. The van der Waals surface area contributed by atoms with Gasteiger partial charge in [0.15, 0.2) is 5.78 Å². The summed E-state index contributed by atoms with van der Waals surface area (Å²) < 4.78 is 26.1. The van der Waals surface area contributed by atoms with Gasteiger partial charge in [0, 0.05) is 29.7 Å². The Morgan fingerprint density at radius 2 is 1.56 bits per heavy atom. The molecule has 3 aromatic rings. The largest absolute Gasteiger partial charge is 0.396 e. The third kappa shape index (κ3) is 5.26. The molecule has 188 valence electrons. The van der Waals surface area contributed by atoms with Gasteiger partial charge in [0.25, 0.3) is 0 Å². The lowest BCUT2D eigenvalue weighted by molar-refractivity contribution is -0.117. The normalized spacial score (nSPS) is 18.1. The van der Waals surface area contributed by atoms with Crippen LogP contribution in [0.5, 0.6) is 0 Å². The molecule has 4 rings (SSSR count). The van der Waals surface area contributed by atoms with Gasteiger partial charge in [-0.1, -0.05) is 46.4 Å². The van der Waals surface area contributed by atoms with Crippen molar-refractivity contribution >= 4 is 92.7 Å². The second kappa shape index (κ2) is 10.2. The Bertz CT molecular complexity index is 1390. The van der Waals surface area contributed by atoms with Crippen LogP contribution in [0, 0.1) is 17.6 Å². The zero-order valence-electron chi connectivity index (χ0n) is 17.8. The molecule has 0 saturated heterocycles. The van der Waals surface area contributed by atoms with Crippen LogP contribution >= 0.6 is 69.6 Å². The van der Waals surface area contributed by atoms with E-state index in [1.807, 2.05) is 0 Å². The summed E-state index contributed by atoms with van der Waals surface area (Å²) in [5.41, 5.74) is 5.87. The van der Waals surface area contributed by atoms with Gasteiger partial charge >= 0.3 is 0 Å². The Hall–Kier alpha value is -1.80. The lowest BCUT2D eigenvalue weighted by atomic mass is 10.0. The highest BCUT2D eigenvalue weighted by Crippen LogP contribution is 2.65. The zero-order valence-corrected chi connectivity index (χ0v) is 22.4. The van der Waals surface area contributed by atoms with Crippen molar-refractivity contribution in [1.29, 1.82) is 0 Å². The number of hydrogen-bond acceptors (Lipinski definition) is 3. The Labute approximate surface area is 234 Å². The van der Waals surface area contributed by atoms with Crippen molar-refractivity contribution in [1.82, 2.24) is 0 Å². The van der Waals surface area contributed by atoms with E-state index < -0.39 is 45.9 Å². The molecule has 1 amide bonds. The molecule has 0 aromatic heterocycles. The zero-order chi connectivity index (χ0) is 26.5. The summed E-state index contributed by atoms with van der Waals surface area (Å²) in [6.45, 7) is 0. The van der Waals surface area contributed by atoms with Crippen molar-refractivity contribution in [2.24, 2.45) is 5.92 Å². The summed E-state index contributed by atoms with van der Waals surface area (Å²) in [5, 5.41) is 3.28. The van der Waals surface area contributed by atoms with Gasteiger partial charge < -0.3 is 11.1 Å². The molecule has 1 aliphatic rings. The first-order valence-electron chi connectivity index (χ1n) is 10.2. The predicted molar refractivity (Wildman–Crippen MR) is 141 cm³/mol. The van der Waals surface area contributed by atoms with Crippen LogP contribution in [0.25, 0.3) is 0 Å². The highest BCUT2D eigenvalue weighted by atomic mass is 35.5. The minimum atomic E-state index is -1.43. The van der Waals surface area contributed by atoms with E-state index in [4.69, 9.17) is 75.3 Å². The fourth-order valence-corrected chi connectivity index (χ4v) is 5.54. The summed E-state index contributed by atoms with van der Waals surface area (Å²) >= 11 is 37.1. The third-order valence-electron chi connectivity index (χ3n) is 5.75. The van der Waals surface area contributed by atoms with Crippen molar-refractivity contribution in [3.63, 3.8) is 0 Å². The summed E-state index contributed by atoms with van der Waals surface area (Å²) in [4.78, 5) is 25.8. The Kier molecular flexibility index (Phi) is 7.69. The van der Waals surface area contributed by atoms with E-state index in [0.717, 1.165) is 6.07 Å². The van der Waals surface area contributed by atoms with Crippen LogP contribution in [0.2, 0.25) is 20.1 Å². The van der Waals surface area contributed by atoms with E-state index in [2.05, 4.69) is 5.32 Å². The average Bonchev–Trinajstić information content (AvgIpc) is 3.38. The quantitative estimate of drug-likeness (QED) is 0.128. The molecular weight excluding hydrogens is 599 g/mol. The van der Waals surface area contributed by atoms with E-state index in [1.54, 1.807) is 0 Å². The number of nitrogen functional groups attached to an aromatic ring is 1. The number of anilines is 2. The number of halogens is 8. The van der Waals surface area contributed by atoms with Crippen LogP contribution in [0.4, 0.5) is 20.2 Å². The monoisotopic (exact) mass is 610 g/mol. The smallest absolute Gasteiger partial charge is 0.231 e. The van der Waals surface area contributed by atoms with Gasteiger partial charge in [-0.15, -0.1) is 23.2 Å². The summed E-state index contributed by atoms with van der Waals surface area (Å²) in [7, 11) is 0. The summed E-state index contributed by atoms with van der Waals surface area (Å²) in [5.74, 6) is -4.42. The molecule has 0 radical (unpaired) electrons. The molecule has 0 heterocycles. The van der Waals surface area contributed by atoms with Crippen LogP contribution in [-0.4, -0.2) is 16.0 Å². The lowest BCUT2D eigenvalue weighted by Crippen LogP contribution is -2.17. The fourth-order valence-electron chi connectivity index (χ4n) is 3.88. The maximum absolute atomic E-state index is 14.1. The van der Waals surface area contributed by atoms with Gasteiger partial charge in [0.2, 0.25) is 5.91 Å². The third-order valence-corrected chi connectivity index (χ3v) is 8.22. The van der Waals surface area contributed by atoms with Crippen molar-refractivity contribution in [3.8, 4) is 0 Å². The van der Waals surface area contributed by atoms with Crippen LogP contribution in [0.3, 0.4) is 0 Å². The van der Waals surface area contributed by atoms with Crippen LogP contribution in [0.1, 0.15) is 27.4 Å². The number of amides is 1. The lowest BCUT2D eigenvalue weighted by Gasteiger charge is -2.10. The van der Waals surface area contributed by atoms with Gasteiger partial charge in [0.1, 0.15) is 16.0 Å². The minimum Gasteiger partial charge on any atom is -0.396 e. The Morgan fingerprint density at radius 3 is 2.19 bits per heavy atom. The first-order chi connectivity index (χ1) is 16.8. The predicted octanol–water partition coefficient (Wildman–Crippen LogP) is 8.11. The molecule has 12 heteroatoms. The first-order valence-corrected chi connectivity index (χ1v) is 12.5. The molecule has 0 unspecified atom stereocenters. The number of carbonyl (C=O) groups excluding carboxylic acids is 2. The maximum atomic E-state index is 14.1. The second-order valence-electron chi connectivity index (χ2n) is 8.18. The molecule has 1 aliphatic carbocycles. The Morgan fingerprint density at radius 1 is 0.917 bits per heavy atom. The SMILES string of the molecule is Nc1cc(CC(=O)c2cc(NC(=O)[C@H]3[C@H](c4cc(Cl)c(Cl)c(Cl)c4)C3(Cl)Cl)ccc2Cl)c(F)cc1F. The number of carbonyl (C=O) groups is 2. The van der Waals surface area contributed by atoms with E-state index in [0.29, 0.717) is 11.6 Å². The van der Waals surface area contributed by atoms with Crippen molar-refractivity contribution in [2.75, 3.05) is 11.1 Å². The highest BCUT2D eigenvalue weighted by Gasteiger charge is 2.67. The number of rotatable bonds is 6. The number of nitrogens with two attached hydrogens (primary N) is 1. The minimum absolute atomic E-state index is 0.0170. The summed E-state index contributed by atoms with van der Waals surface area (Å²) in [6, 6.07) is 8.94. The van der Waals surface area contributed by atoms with Crippen molar-refractivity contribution in [2.45, 2.75) is 16.7 Å². The number of benzene rings is 3. The highest BCUT2D eigenvalue weighted by molar-refractivity contribution is 6.54. The van der Waals surface area contributed by atoms with Gasteiger partial charge in [-0.3, -0.25) is 9.59 Å². The van der Waals surface area contributed by atoms with Crippen molar-refractivity contribution < 1.29 is 18.4 Å². The molecule has 3 aromatic carbocycles. The van der Waals surface area contributed by atoms with Gasteiger partial charge in [-0.2, -0.15) is 0 Å². The van der Waals surface area contributed by atoms with E-state index in [9.17, 15) is 18.4 Å². The van der Waals surface area contributed by atoms with Gasteiger partial charge in [-0.05, 0) is 47.5 Å². The molecular formula is C24H14Cl6F2N2O2. The number of alkyl halides is 2. The molecule has 4 nitrogen and oxygen atoms in total. The average molecular weight is 613 g/mol. The maximum Gasteiger partial charge on any atom is 0.231 e. The van der Waals surface area contributed by atoms with Crippen LogP contribution in [-0.2, 0) is 11.2 Å². The fraction of sp³-hybridized carbons (Fsp3) is 0.167. The van der Waals surface area contributed by atoms with E-state index in [1.165, 1.54) is 30.3 Å². The standard InChI is InChI=1S/C24H14Cl6F2N2O2/c25-13-2-1-11(7-12(13)19(35)6-9-5-18(33)17(32)8-16(9)31)34-23(36)21-20(24(21,29)30)10-3-14(26)22(28)15(27)4-10/h1-5,7-8,20-21H,6,33H2,(H,34,36)/t20-,21+/m0/s1. The van der Waals surface area contributed by atoms with E-state index >= 15 is 0 Å². The topological polar surface area (TPSA) is 72.2 Å². The summed E-state index contributed by atoms with van der Waals surface area (Å²) in [6.07, 6.45) is -0.428. The molecule has 0 bridgehead atoms. The van der Waals surface area contributed by atoms with Crippen molar-refractivity contribution in [3.05, 3.63) is 90.9 Å². The second-order valence-corrected chi connectivity index (χ2v) is 11.2. The number of nitrogens with one attached hydrogen (secondary N) is 1. The molecule has 1 saturated carbocycles. The number of hydrogen-bond donors (Lipinski definition) is 2. The van der Waals surface area contributed by atoms with Crippen LogP contribution in [0.15, 0.2) is 42.5 Å². The molecule has 3 N–H and O–H groups in total. The Balaban J connectivity index is 1.53. The van der Waals surface area contributed by atoms with Gasteiger partial charge in [0.05, 0.1) is 31.7 Å². The molecule has 2 atom stereocenters. The van der Waals surface area contributed by atoms with Gasteiger partial charge in [-0.25, -0.2) is 8.78 Å². The molecule has 0 spiro atoms.